The van der Waals surface area contributed by atoms with E-state index in [-0.39, 0.29) is 25.6 Å². The normalized spacial score (nSPS) is 48.2. The van der Waals surface area contributed by atoms with E-state index in [0.717, 1.165) is 12.8 Å². The smallest absolute Gasteiger partial charge is 0.251 e. The van der Waals surface area contributed by atoms with Crippen molar-refractivity contribution in [1.82, 2.24) is 10.6 Å². The molecule has 3 saturated heterocycles. The molecule has 5 rings (SSSR count). The number of nitrogens with two attached hydrogens (primary N) is 6. The van der Waals surface area contributed by atoms with E-state index in [9.17, 15) is 50.8 Å². The van der Waals surface area contributed by atoms with Crippen LogP contribution >= 0.6 is 0 Å². The van der Waals surface area contributed by atoms with Gasteiger partial charge in [-0.15, -0.1) is 0 Å². The zero-order chi connectivity index (χ0) is 41.2. The van der Waals surface area contributed by atoms with Gasteiger partial charge < -0.3 is 119 Å². The highest BCUT2D eigenvalue weighted by atomic mass is 16.8. The highest BCUT2D eigenvalue weighted by molar-refractivity contribution is 5.81. The van der Waals surface area contributed by atoms with E-state index in [2.05, 4.69) is 10.6 Å². The van der Waals surface area contributed by atoms with Gasteiger partial charge in [-0.05, 0) is 31.7 Å². The van der Waals surface area contributed by atoms with Crippen molar-refractivity contribution in [3.63, 3.8) is 0 Å². The molecular weight excluding hydrogens is 752 g/mol. The zero-order valence-corrected chi connectivity index (χ0v) is 30.8. The van der Waals surface area contributed by atoms with Gasteiger partial charge in [-0.3, -0.25) is 4.79 Å². The van der Waals surface area contributed by atoms with Gasteiger partial charge in [0.05, 0.1) is 24.7 Å². The van der Waals surface area contributed by atoms with Crippen molar-refractivity contribution >= 4 is 5.91 Å². The molecule has 3 heterocycles. The summed E-state index contributed by atoms with van der Waals surface area (Å²) in [7, 11) is 0. The third-order valence-corrected chi connectivity index (χ3v) is 11.3. The molecule has 21 atom stereocenters. The number of aliphatic hydroxyl groups is 9. The monoisotopic (exact) mass is 814 g/mol. The van der Waals surface area contributed by atoms with E-state index in [1.54, 1.807) is 0 Å². The molecule has 2 aliphatic carbocycles. The van der Waals surface area contributed by atoms with Gasteiger partial charge in [-0.2, -0.15) is 0 Å². The van der Waals surface area contributed by atoms with Gasteiger partial charge in [0.15, 0.2) is 25.0 Å². The Labute approximate surface area is 322 Å². The fraction of sp³-hybridized carbons (Fsp3) is 0.969. The summed E-state index contributed by atoms with van der Waals surface area (Å²) in [5.74, 6) is -0.750. The summed E-state index contributed by atoms with van der Waals surface area (Å²) in [6, 6.07) is -4.91. The first-order chi connectivity index (χ1) is 26.5. The van der Waals surface area contributed by atoms with Crippen LogP contribution in [0.5, 0.6) is 0 Å². The van der Waals surface area contributed by atoms with Crippen LogP contribution in [0, 0.1) is 5.92 Å². The highest BCUT2D eigenvalue weighted by Gasteiger charge is 2.55. The van der Waals surface area contributed by atoms with Crippen LogP contribution in [0.4, 0.5) is 0 Å². The van der Waals surface area contributed by atoms with Crippen LogP contribution in [-0.4, -0.2) is 219 Å². The standard InChI is InChI=1S/C32H62N8O16/c33-4-13(42)20(44)29(50)40-12-3-11(36)26(54-31-18(38)24(48)22(46)15(52-31)7-39-6-9-1-10(35)2-9)28(19(12)43)56-32-25(49)27(16(8-41)53-32)55-30-17(37)23(47)21(45)14(5-34)51-30/h9-28,30-32,39,41-49H,1-8,33-38H2,(H,40,50)/t9?,10?,11-,12+,13-,14-,15+,16+,17+,18+,19-,20-,21+,22+,23+,24+,25+,26+,27+,28+,30+,31+,32-/m0/s1. The van der Waals surface area contributed by atoms with Crippen molar-refractivity contribution in [3.05, 3.63) is 0 Å². The fourth-order valence-electron chi connectivity index (χ4n) is 7.78. The second-order valence-electron chi connectivity index (χ2n) is 15.5. The molecule has 2 saturated carbocycles. The van der Waals surface area contributed by atoms with Crippen molar-refractivity contribution in [3.8, 4) is 0 Å². The Bertz CT molecular complexity index is 1250. The predicted octanol–water partition coefficient (Wildman–Crippen LogP) is -10.7. The van der Waals surface area contributed by atoms with Crippen LogP contribution in [0.25, 0.3) is 0 Å². The molecule has 3 aliphatic heterocycles. The average Bonchev–Trinajstić information content (AvgIpc) is 3.46. The van der Waals surface area contributed by atoms with Crippen LogP contribution in [0.15, 0.2) is 0 Å². The van der Waals surface area contributed by atoms with Crippen LogP contribution in [0.2, 0.25) is 0 Å². The Morgan fingerprint density at radius 2 is 1.23 bits per heavy atom. The minimum Gasteiger partial charge on any atom is -0.394 e. The van der Waals surface area contributed by atoms with Gasteiger partial charge in [0, 0.05) is 31.7 Å². The Balaban J connectivity index is 1.34. The zero-order valence-electron chi connectivity index (χ0n) is 30.8. The number of nitrogens with one attached hydrogen (secondary N) is 2. The lowest BCUT2D eigenvalue weighted by Gasteiger charge is -2.48. The minimum absolute atomic E-state index is 0.101. The minimum atomic E-state index is -1.97. The first-order valence-corrected chi connectivity index (χ1v) is 18.9. The van der Waals surface area contributed by atoms with E-state index in [1.165, 1.54) is 0 Å². The second-order valence-corrected chi connectivity index (χ2v) is 15.5. The first kappa shape index (κ1) is 45.7. The Kier molecular flexibility index (Phi) is 16.1. The summed E-state index contributed by atoms with van der Waals surface area (Å²) in [5.41, 5.74) is 35.8. The molecule has 0 aromatic carbocycles. The second kappa shape index (κ2) is 19.8. The maximum absolute atomic E-state index is 12.8. The third kappa shape index (κ3) is 9.95. The quantitative estimate of drug-likeness (QED) is 0.0688. The number of carbonyl (C=O) groups excluding carboxylic acids is 1. The summed E-state index contributed by atoms with van der Waals surface area (Å²) < 4.78 is 35.6. The number of hydrogen-bond acceptors (Lipinski definition) is 23. The van der Waals surface area contributed by atoms with E-state index < -0.39 is 148 Å². The lowest BCUT2D eigenvalue weighted by molar-refractivity contribution is -0.308. The molecule has 0 spiro atoms. The maximum atomic E-state index is 12.8. The molecule has 56 heavy (non-hydrogen) atoms. The van der Waals surface area contributed by atoms with E-state index >= 15 is 0 Å². The molecular formula is C32H62N8O16. The largest absolute Gasteiger partial charge is 0.394 e. The van der Waals surface area contributed by atoms with Gasteiger partial charge in [-0.25, -0.2) is 0 Å². The number of aliphatic hydroxyl groups excluding tert-OH is 9. The van der Waals surface area contributed by atoms with Crippen molar-refractivity contribution < 1.29 is 79.2 Å². The SMILES string of the molecule is NC[C@@H]1O[C@H](O[C@H]2[C@@H](O)[C@H](O[C@@H]3[C@@H](O)[C@H](NC(=O)[C@@H](O)[C@@H](O)CN)C[C@H](N)[C@H]3O[C@H]3O[C@H](CNCC4CC(N)C4)[C@@H](O)[C@H](O)[C@H]3N)O[C@@H]2CO)[C@H](N)[C@@H](O)[C@@H]1O. The van der Waals surface area contributed by atoms with E-state index in [4.69, 9.17) is 62.8 Å². The Hall–Kier alpha value is -1.41. The maximum Gasteiger partial charge on any atom is 0.251 e. The Morgan fingerprint density at radius 1 is 0.679 bits per heavy atom. The lowest BCUT2D eigenvalue weighted by atomic mass is 9.81. The van der Waals surface area contributed by atoms with Gasteiger partial charge >= 0.3 is 0 Å². The molecule has 5 fully saturated rings. The molecule has 0 aromatic rings. The van der Waals surface area contributed by atoms with Crippen molar-refractivity contribution in [2.45, 2.75) is 154 Å². The topological polar surface area (TPSA) is 435 Å². The third-order valence-electron chi connectivity index (χ3n) is 11.3. The molecule has 326 valence electrons. The number of amides is 1. The highest BCUT2D eigenvalue weighted by Crippen LogP contribution is 2.35. The molecule has 23 N–H and O–H groups in total. The molecule has 24 nitrogen and oxygen atoms in total. The predicted molar refractivity (Wildman–Crippen MR) is 188 cm³/mol. The van der Waals surface area contributed by atoms with Crippen LogP contribution in [-0.2, 0) is 33.2 Å². The van der Waals surface area contributed by atoms with Crippen molar-refractivity contribution in [1.29, 1.82) is 0 Å². The number of carbonyl (C=O) groups is 1. The number of ether oxygens (including phenoxy) is 6. The molecule has 0 unspecified atom stereocenters. The summed E-state index contributed by atoms with van der Waals surface area (Å²) in [4.78, 5) is 12.8. The number of hydrogen-bond donors (Lipinski definition) is 17. The van der Waals surface area contributed by atoms with Crippen LogP contribution in [0.1, 0.15) is 19.3 Å². The number of rotatable bonds is 16. The summed E-state index contributed by atoms with van der Waals surface area (Å²) in [5, 5.41) is 101. The van der Waals surface area contributed by atoms with Gasteiger partial charge in [0.1, 0.15) is 79.4 Å². The van der Waals surface area contributed by atoms with Crippen LogP contribution in [0.3, 0.4) is 0 Å². The molecule has 0 aromatic heterocycles. The average molecular weight is 815 g/mol. The van der Waals surface area contributed by atoms with Gasteiger partial charge in [0.2, 0.25) is 0 Å². The molecule has 1 amide bonds. The molecule has 5 aliphatic rings. The summed E-state index contributed by atoms with van der Waals surface area (Å²) in [6.45, 7) is -0.723. The van der Waals surface area contributed by atoms with Gasteiger partial charge in [0.25, 0.3) is 5.91 Å². The first-order valence-electron chi connectivity index (χ1n) is 18.9. The summed E-state index contributed by atoms with van der Waals surface area (Å²) >= 11 is 0. The van der Waals surface area contributed by atoms with E-state index in [1.807, 2.05) is 0 Å². The van der Waals surface area contributed by atoms with Crippen LogP contribution < -0.4 is 45.0 Å². The molecule has 0 bridgehead atoms. The molecule has 24 heteroatoms. The Morgan fingerprint density at radius 3 is 1.80 bits per heavy atom. The molecule has 0 radical (unpaired) electrons. The van der Waals surface area contributed by atoms with Crippen molar-refractivity contribution in [2.75, 3.05) is 32.8 Å². The lowest BCUT2D eigenvalue weighted by Crippen LogP contribution is -2.69. The van der Waals surface area contributed by atoms with Crippen molar-refractivity contribution in [2.24, 2.45) is 40.3 Å². The fourth-order valence-corrected chi connectivity index (χ4v) is 7.78. The van der Waals surface area contributed by atoms with E-state index in [0.29, 0.717) is 12.5 Å². The summed E-state index contributed by atoms with van der Waals surface area (Å²) in [6.07, 6.45) is -24.0. The van der Waals surface area contributed by atoms with Gasteiger partial charge in [-0.1, -0.05) is 0 Å².